The first-order valence-electron chi connectivity index (χ1n) is 10.8. The third kappa shape index (κ3) is 4.95. The molecule has 2 aliphatic rings. The highest BCUT2D eigenvalue weighted by molar-refractivity contribution is 5.79. The number of likely N-dealkylation sites (tertiary alicyclic amines) is 2. The van der Waals surface area contributed by atoms with Crippen molar-refractivity contribution in [3.05, 3.63) is 63.6 Å². The van der Waals surface area contributed by atoms with Gasteiger partial charge in [-0.1, -0.05) is 12.1 Å². The average molecular weight is 413 g/mol. The number of rotatable bonds is 4. The summed E-state index contributed by atoms with van der Waals surface area (Å²) in [5, 5.41) is 0. The molecule has 1 aromatic carbocycles. The highest BCUT2D eigenvalue weighted by Crippen LogP contribution is 2.28. The van der Waals surface area contributed by atoms with Gasteiger partial charge in [0.05, 0.1) is 12.1 Å². The number of benzene rings is 1. The van der Waals surface area contributed by atoms with Crippen LogP contribution < -0.4 is 5.56 Å². The van der Waals surface area contributed by atoms with Gasteiger partial charge in [-0.2, -0.15) is 0 Å². The lowest BCUT2D eigenvalue weighted by Crippen LogP contribution is -2.40. The van der Waals surface area contributed by atoms with Gasteiger partial charge < -0.3 is 14.8 Å². The SMILES string of the molecule is CN1CCC(c2nc([C@H]3CCCN(C(=O)Cc4ccc(F)cc4)C3)cc(=O)[nH]2)CC1. The summed E-state index contributed by atoms with van der Waals surface area (Å²) in [5.74, 6) is 0.883. The van der Waals surface area contributed by atoms with Gasteiger partial charge in [0.1, 0.15) is 11.6 Å². The van der Waals surface area contributed by atoms with E-state index in [0.717, 1.165) is 55.9 Å². The van der Waals surface area contributed by atoms with E-state index < -0.39 is 0 Å². The molecular formula is C23H29FN4O2. The van der Waals surface area contributed by atoms with Crippen LogP contribution in [0.25, 0.3) is 0 Å². The minimum atomic E-state index is -0.301. The normalized spacial score (nSPS) is 21.0. The van der Waals surface area contributed by atoms with Crippen molar-refractivity contribution in [2.45, 2.75) is 43.9 Å². The molecule has 0 bridgehead atoms. The van der Waals surface area contributed by atoms with Crippen LogP contribution in [-0.2, 0) is 11.2 Å². The zero-order valence-corrected chi connectivity index (χ0v) is 17.4. The quantitative estimate of drug-likeness (QED) is 0.838. The number of carbonyl (C=O) groups excluding carboxylic acids is 1. The molecule has 1 amide bonds. The van der Waals surface area contributed by atoms with E-state index in [1.165, 1.54) is 12.1 Å². The Balaban J connectivity index is 1.45. The first kappa shape index (κ1) is 20.7. The summed E-state index contributed by atoms with van der Waals surface area (Å²) >= 11 is 0. The summed E-state index contributed by atoms with van der Waals surface area (Å²) in [6.45, 7) is 3.30. The maximum Gasteiger partial charge on any atom is 0.251 e. The van der Waals surface area contributed by atoms with Crippen molar-refractivity contribution in [2.24, 2.45) is 0 Å². The Kier molecular flexibility index (Phi) is 6.27. The number of piperidine rings is 2. The van der Waals surface area contributed by atoms with Crippen molar-refractivity contribution < 1.29 is 9.18 Å². The van der Waals surface area contributed by atoms with Crippen molar-refractivity contribution in [3.63, 3.8) is 0 Å². The second-order valence-electron chi connectivity index (χ2n) is 8.62. The molecule has 2 fully saturated rings. The molecule has 7 heteroatoms. The van der Waals surface area contributed by atoms with Crippen LogP contribution in [0.15, 0.2) is 35.1 Å². The molecule has 0 aliphatic carbocycles. The van der Waals surface area contributed by atoms with Crippen LogP contribution in [-0.4, -0.2) is 58.9 Å². The van der Waals surface area contributed by atoms with Crippen LogP contribution in [0.4, 0.5) is 4.39 Å². The van der Waals surface area contributed by atoms with Crippen molar-refractivity contribution in [3.8, 4) is 0 Å². The van der Waals surface area contributed by atoms with Crippen LogP contribution >= 0.6 is 0 Å². The van der Waals surface area contributed by atoms with E-state index in [0.29, 0.717) is 13.1 Å². The van der Waals surface area contributed by atoms with Crippen LogP contribution in [0.5, 0.6) is 0 Å². The van der Waals surface area contributed by atoms with Crippen molar-refractivity contribution >= 4 is 5.91 Å². The maximum atomic E-state index is 13.1. The fourth-order valence-corrected chi connectivity index (χ4v) is 4.51. The summed E-state index contributed by atoms with van der Waals surface area (Å²) in [6, 6.07) is 7.66. The Morgan fingerprint density at radius 2 is 1.87 bits per heavy atom. The fraction of sp³-hybridized carbons (Fsp3) is 0.522. The summed E-state index contributed by atoms with van der Waals surface area (Å²) in [5.41, 5.74) is 1.50. The Labute approximate surface area is 176 Å². The number of nitrogens with zero attached hydrogens (tertiary/aromatic N) is 3. The molecule has 0 spiro atoms. The van der Waals surface area contributed by atoms with Crippen LogP contribution in [0.2, 0.25) is 0 Å². The number of H-pyrrole nitrogens is 1. The zero-order chi connectivity index (χ0) is 21.1. The van der Waals surface area contributed by atoms with Gasteiger partial charge in [-0.3, -0.25) is 9.59 Å². The molecule has 3 heterocycles. The second-order valence-corrected chi connectivity index (χ2v) is 8.62. The summed E-state index contributed by atoms with van der Waals surface area (Å²) in [7, 11) is 2.11. The number of nitrogens with one attached hydrogen (secondary N) is 1. The summed E-state index contributed by atoms with van der Waals surface area (Å²) in [6.07, 6.45) is 4.06. The van der Waals surface area contributed by atoms with Crippen molar-refractivity contribution in [2.75, 3.05) is 33.2 Å². The van der Waals surface area contributed by atoms with Crippen LogP contribution in [0, 0.1) is 5.82 Å². The topological polar surface area (TPSA) is 69.3 Å². The van der Waals surface area contributed by atoms with E-state index in [9.17, 15) is 14.0 Å². The van der Waals surface area contributed by atoms with Gasteiger partial charge in [0.25, 0.3) is 5.56 Å². The van der Waals surface area contributed by atoms with Gasteiger partial charge in [0.2, 0.25) is 5.91 Å². The largest absolute Gasteiger partial charge is 0.342 e. The Hall–Kier alpha value is -2.54. The molecule has 1 N–H and O–H groups in total. The van der Waals surface area contributed by atoms with Gasteiger partial charge in [0.15, 0.2) is 0 Å². The standard InChI is InChI=1S/C23H29FN4O2/c1-27-11-8-17(9-12-27)23-25-20(14-21(29)26-23)18-3-2-10-28(15-18)22(30)13-16-4-6-19(24)7-5-16/h4-7,14,17-18H,2-3,8-13,15H2,1H3,(H,25,26,29)/t18-/m0/s1. The van der Waals surface area contributed by atoms with E-state index in [4.69, 9.17) is 4.98 Å². The predicted octanol–water partition coefficient (Wildman–Crippen LogP) is 2.67. The number of carbonyl (C=O) groups is 1. The fourth-order valence-electron chi connectivity index (χ4n) is 4.51. The first-order valence-corrected chi connectivity index (χ1v) is 10.8. The van der Waals surface area contributed by atoms with Crippen molar-refractivity contribution in [1.29, 1.82) is 0 Å². The third-order valence-corrected chi connectivity index (χ3v) is 6.35. The smallest absolute Gasteiger partial charge is 0.251 e. The molecule has 0 saturated carbocycles. The Morgan fingerprint density at radius 3 is 2.60 bits per heavy atom. The number of hydrogen-bond donors (Lipinski definition) is 1. The van der Waals surface area contributed by atoms with E-state index in [-0.39, 0.29) is 35.5 Å². The number of halogens is 1. The van der Waals surface area contributed by atoms with Crippen LogP contribution in [0.1, 0.15) is 54.6 Å². The molecule has 4 rings (SSSR count). The van der Waals surface area contributed by atoms with Crippen molar-refractivity contribution in [1.82, 2.24) is 19.8 Å². The Morgan fingerprint density at radius 1 is 1.13 bits per heavy atom. The minimum Gasteiger partial charge on any atom is -0.342 e. The van der Waals surface area contributed by atoms with Gasteiger partial charge in [0, 0.05) is 31.0 Å². The van der Waals surface area contributed by atoms with E-state index >= 15 is 0 Å². The van der Waals surface area contributed by atoms with Gasteiger partial charge in [-0.05, 0) is 63.5 Å². The molecule has 0 unspecified atom stereocenters. The molecule has 2 aliphatic heterocycles. The molecule has 6 nitrogen and oxygen atoms in total. The van der Waals surface area contributed by atoms with Gasteiger partial charge in [-0.25, -0.2) is 9.37 Å². The van der Waals surface area contributed by atoms with Crippen LogP contribution in [0.3, 0.4) is 0 Å². The minimum absolute atomic E-state index is 0.0340. The summed E-state index contributed by atoms with van der Waals surface area (Å²) in [4.78, 5) is 37.0. The van der Waals surface area contributed by atoms with E-state index in [1.807, 2.05) is 4.90 Å². The number of aromatic nitrogens is 2. The number of hydrogen-bond acceptors (Lipinski definition) is 4. The molecule has 30 heavy (non-hydrogen) atoms. The second kappa shape index (κ2) is 9.08. The maximum absolute atomic E-state index is 13.1. The number of amides is 1. The lowest BCUT2D eigenvalue weighted by molar-refractivity contribution is -0.131. The molecule has 2 saturated heterocycles. The van der Waals surface area contributed by atoms with E-state index in [2.05, 4.69) is 16.9 Å². The number of aromatic amines is 1. The average Bonchev–Trinajstić information content (AvgIpc) is 2.75. The van der Waals surface area contributed by atoms with E-state index in [1.54, 1.807) is 18.2 Å². The first-order chi connectivity index (χ1) is 14.5. The molecule has 160 valence electrons. The molecule has 2 aromatic rings. The molecule has 1 aromatic heterocycles. The lowest BCUT2D eigenvalue weighted by Gasteiger charge is -2.33. The molecule has 1 atom stereocenters. The monoisotopic (exact) mass is 412 g/mol. The summed E-state index contributed by atoms with van der Waals surface area (Å²) < 4.78 is 13.1. The van der Waals surface area contributed by atoms with Gasteiger partial charge in [-0.15, -0.1) is 0 Å². The van der Waals surface area contributed by atoms with Gasteiger partial charge >= 0.3 is 0 Å². The lowest BCUT2D eigenvalue weighted by atomic mass is 9.92. The predicted molar refractivity (Wildman–Crippen MR) is 113 cm³/mol. The Bertz CT molecular complexity index is 935. The zero-order valence-electron chi connectivity index (χ0n) is 17.4. The highest BCUT2D eigenvalue weighted by atomic mass is 19.1. The third-order valence-electron chi connectivity index (χ3n) is 6.35. The highest BCUT2D eigenvalue weighted by Gasteiger charge is 2.27. The molecular weight excluding hydrogens is 383 g/mol. The molecule has 0 radical (unpaired) electrons.